The standard InChI is InChI=1S/C15H13BrFNO/c1-10-3-2-4-11(7-10)9-18-15(19)13-8-12(17)5-6-14(13)16/h2-8H,9H2,1H3,(H,18,19). The largest absolute Gasteiger partial charge is 0.348 e. The number of halogens is 2. The number of aryl methyl sites for hydroxylation is 1. The highest BCUT2D eigenvalue weighted by atomic mass is 79.9. The van der Waals surface area contributed by atoms with Crippen LogP contribution in [-0.2, 0) is 6.54 Å². The first kappa shape index (κ1) is 13.7. The minimum atomic E-state index is -0.427. The highest BCUT2D eigenvalue weighted by Crippen LogP contribution is 2.17. The van der Waals surface area contributed by atoms with E-state index in [9.17, 15) is 9.18 Å². The molecule has 0 fully saturated rings. The van der Waals surface area contributed by atoms with Crippen LogP contribution < -0.4 is 5.32 Å². The number of hydrogen-bond acceptors (Lipinski definition) is 1. The Kier molecular flexibility index (Phi) is 4.32. The summed E-state index contributed by atoms with van der Waals surface area (Å²) < 4.78 is 13.7. The second kappa shape index (κ2) is 5.97. The van der Waals surface area contributed by atoms with E-state index >= 15 is 0 Å². The van der Waals surface area contributed by atoms with Crippen LogP contribution in [0.15, 0.2) is 46.9 Å². The Morgan fingerprint density at radius 2 is 2.05 bits per heavy atom. The van der Waals surface area contributed by atoms with Crippen LogP contribution in [0.2, 0.25) is 0 Å². The van der Waals surface area contributed by atoms with Gasteiger partial charge in [0.1, 0.15) is 5.82 Å². The summed E-state index contributed by atoms with van der Waals surface area (Å²) in [6.45, 7) is 2.41. The average molecular weight is 322 g/mol. The molecule has 0 bridgehead atoms. The molecule has 0 unspecified atom stereocenters. The lowest BCUT2D eigenvalue weighted by atomic mass is 10.1. The summed E-state index contributed by atoms with van der Waals surface area (Å²) in [5, 5.41) is 2.77. The average Bonchev–Trinajstić information content (AvgIpc) is 2.39. The predicted octanol–water partition coefficient (Wildman–Crippen LogP) is 3.83. The molecule has 0 aliphatic carbocycles. The van der Waals surface area contributed by atoms with E-state index in [4.69, 9.17) is 0 Å². The molecule has 1 amide bonds. The zero-order chi connectivity index (χ0) is 13.8. The monoisotopic (exact) mass is 321 g/mol. The number of benzene rings is 2. The fourth-order valence-corrected chi connectivity index (χ4v) is 2.20. The van der Waals surface area contributed by atoms with Crippen LogP contribution in [0, 0.1) is 12.7 Å². The molecule has 2 nitrogen and oxygen atoms in total. The van der Waals surface area contributed by atoms with Gasteiger partial charge in [0.15, 0.2) is 0 Å². The molecule has 4 heteroatoms. The summed E-state index contributed by atoms with van der Waals surface area (Å²) in [7, 11) is 0. The minimum absolute atomic E-state index is 0.298. The molecule has 0 spiro atoms. The van der Waals surface area contributed by atoms with Gasteiger partial charge in [-0.05, 0) is 46.6 Å². The summed E-state index contributed by atoms with van der Waals surface area (Å²) in [4.78, 5) is 12.0. The molecule has 0 aliphatic heterocycles. The highest BCUT2D eigenvalue weighted by Gasteiger charge is 2.10. The van der Waals surface area contributed by atoms with E-state index in [0.29, 0.717) is 16.6 Å². The van der Waals surface area contributed by atoms with Crippen LogP contribution in [-0.4, -0.2) is 5.91 Å². The molecular formula is C15H13BrFNO. The molecule has 0 radical (unpaired) electrons. The van der Waals surface area contributed by atoms with Crippen molar-refractivity contribution >= 4 is 21.8 Å². The Morgan fingerprint density at radius 1 is 1.26 bits per heavy atom. The van der Waals surface area contributed by atoms with Crippen LogP contribution in [0.1, 0.15) is 21.5 Å². The van der Waals surface area contributed by atoms with Gasteiger partial charge < -0.3 is 5.32 Å². The van der Waals surface area contributed by atoms with Gasteiger partial charge in [-0.25, -0.2) is 4.39 Å². The molecule has 0 heterocycles. The molecule has 0 saturated heterocycles. The van der Waals surface area contributed by atoms with E-state index in [0.717, 1.165) is 11.1 Å². The van der Waals surface area contributed by atoms with Crippen LogP contribution in [0.4, 0.5) is 4.39 Å². The fraction of sp³-hybridized carbons (Fsp3) is 0.133. The third kappa shape index (κ3) is 3.64. The van der Waals surface area contributed by atoms with E-state index in [-0.39, 0.29) is 5.91 Å². The first-order valence-corrected chi connectivity index (χ1v) is 6.64. The van der Waals surface area contributed by atoms with Crippen LogP contribution in [0.5, 0.6) is 0 Å². The van der Waals surface area contributed by atoms with Crippen molar-refractivity contribution in [3.63, 3.8) is 0 Å². The van der Waals surface area contributed by atoms with Crippen molar-refractivity contribution in [3.8, 4) is 0 Å². The van der Waals surface area contributed by atoms with Crippen LogP contribution in [0.25, 0.3) is 0 Å². The van der Waals surface area contributed by atoms with E-state index < -0.39 is 5.82 Å². The topological polar surface area (TPSA) is 29.1 Å². The molecule has 0 aromatic heterocycles. The Hall–Kier alpha value is -1.68. The Labute approximate surface area is 119 Å². The van der Waals surface area contributed by atoms with E-state index in [1.807, 2.05) is 31.2 Å². The Bertz CT molecular complexity index is 613. The first-order valence-electron chi connectivity index (χ1n) is 5.85. The SMILES string of the molecule is Cc1cccc(CNC(=O)c2cc(F)ccc2Br)c1. The Balaban J connectivity index is 2.07. The van der Waals surface area contributed by atoms with Gasteiger partial charge in [0.05, 0.1) is 5.56 Å². The van der Waals surface area contributed by atoms with Gasteiger partial charge in [-0.15, -0.1) is 0 Å². The fourth-order valence-electron chi connectivity index (χ4n) is 1.77. The smallest absolute Gasteiger partial charge is 0.252 e. The third-order valence-corrected chi connectivity index (χ3v) is 3.40. The van der Waals surface area contributed by atoms with E-state index in [1.54, 1.807) is 0 Å². The summed E-state index contributed by atoms with van der Waals surface area (Å²) >= 11 is 3.24. The molecule has 98 valence electrons. The zero-order valence-electron chi connectivity index (χ0n) is 10.4. The molecule has 1 N–H and O–H groups in total. The van der Waals surface area contributed by atoms with Crippen molar-refractivity contribution < 1.29 is 9.18 Å². The van der Waals surface area contributed by atoms with E-state index in [1.165, 1.54) is 18.2 Å². The van der Waals surface area contributed by atoms with Gasteiger partial charge in [0.25, 0.3) is 5.91 Å². The van der Waals surface area contributed by atoms with Crippen molar-refractivity contribution in [1.82, 2.24) is 5.32 Å². The highest BCUT2D eigenvalue weighted by molar-refractivity contribution is 9.10. The number of nitrogens with one attached hydrogen (secondary N) is 1. The van der Waals surface area contributed by atoms with Gasteiger partial charge in [0.2, 0.25) is 0 Å². The Morgan fingerprint density at radius 3 is 2.79 bits per heavy atom. The quantitative estimate of drug-likeness (QED) is 0.914. The van der Waals surface area contributed by atoms with Gasteiger partial charge >= 0.3 is 0 Å². The maximum absolute atomic E-state index is 13.1. The van der Waals surface area contributed by atoms with Crippen LogP contribution >= 0.6 is 15.9 Å². The molecule has 19 heavy (non-hydrogen) atoms. The summed E-state index contributed by atoms with van der Waals surface area (Å²) in [5.74, 6) is -0.725. The zero-order valence-corrected chi connectivity index (χ0v) is 12.0. The normalized spacial score (nSPS) is 10.3. The number of carbonyl (C=O) groups is 1. The maximum atomic E-state index is 13.1. The molecule has 0 aliphatic rings. The summed E-state index contributed by atoms with van der Waals surface area (Å²) in [6, 6.07) is 11.9. The molecule has 2 aromatic carbocycles. The second-order valence-corrected chi connectivity index (χ2v) is 5.15. The number of amides is 1. The van der Waals surface area contributed by atoms with Crippen molar-refractivity contribution in [2.75, 3.05) is 0 Å². The summed E-state index contributed by atoms with van der Waals surface area (Å²) in [6.07, 6.45) is 0. The van der Waals surface area contributed by atoms with Crippen molar-refractivity contribution in [2.24, 2.45) is 0 Å². The van der Waals surface area contributed by atoms with Gasteiger partial charge in [0, 0.05) is 11.0 Å². The van der Waals surface area contributed by atoms with Crippen molar-refractivity contribution in [3.05, 3.63) is 69.4 Å². The first-order chi connectivity index (χ1) is 9.06. The lowest BCUT2D eigenvalue weighted by molar-refractivity contribution is 0.0949. The minimum Gasteiger partial charge on any atom is -0.348 e. The van der Waals surface area contributed by atoms with E-state index in [2.05, 4.69) is 21.2 Å². The van der Waals surface area contributed by atoms with Crippen LogP contribution in [0.3, 0.4) is 0 Å². The molecule has 2 rings (SSSR count). The summed E-state index contributed by atoms with van der Waals surface area (Å²) in [5.41, 5.74) is 2.45. The number of hydrogen-bond donors (Lipinski definition) is 1. The van der Waals surface area contributed by atoms with Crippen molar-refractivity contribution in [1.29, 1.82) is 0 Å². The molecular weight excluding hydrogens is 309 g/mol. The van der Waals surface area contributed by atoms with Gasteiger partial charge in [-0.2, -0.15) is 0 Å². The molecule has 0 atom stereocenters. The third-order valence-electron chi connectivity index (χ3n) is 2.71. The number of carbonyl (C=O) groups excluding carboxylic acids is 1. The second-order valence-electron chi connectivity index (χ2n) is 4.30. The number of rotatable bonds is 3. The van der Waals surface area contributed by atoms with Gasteiger partial charge in [-0.3, -0.25) is 4.79 Å². The lowest BCUT2D eigenvalue weighted by Gasteiger charge is -2.07. The molecule has 2 aromatic rings. The predicted molar refractivity (Wildman–Crippen MR) is 76.4 cm³/mol. The van der Waals surface area contributed by atoms with Crippen molar-refractivity contribution in [2.45, 2.75) is 13.5 Å². The molecule has 0 saturated carbocycles. The van der Waals surface area contributed by atoms with Gasteiger partial charge in [-0.1, -0.05) is 29.8 Å². The lowest BCUT2D eigenvalue weighted by Crippen LogP contribution is -2.23. The maximum Gasteiger partial charge on any atom is 0.252 e.